The first-order valence-corrected chi connectivity index (χ1v) is 9.40. The fourth-order valence-electron chi connectivity index (χ4n) is 2.85. The van der Waals surface area contributed by atoms with Crippen molar-refractivity contribution in [3.8, 4) is 0 Å². The lowest BCUT2D eigenvalue weighted by Crippen LogP contribution is -2.44. The summed E-state index contributed by atoms with van der Waals surface area (Å²) in [4.78, 5) is 2.60. The molecule has 0 aromatic heterocycles. The van der Waals surface area contributed by atoms with Crippen molar-refractivity contribution in [1.82, 2.24) is 10.2 Å². The molecule has 0 spiro atoms. The van der Waals surface area contributed by atoms with Gasteiger partial charge in [-0.1, -0.05) is 30.7 Å². The highest BCUT2D eigenvalue weighted by atomic mass is 35.5. The summed E-state index contributed by atoms with van der Waals surface area (Å²) >= 11 is 6.16. The largest absolute Gasteiger partial charge is 0.316 e. The van der Waals surface area contributed by atoms with Gasteiger partial charge in [-0.2, -0.15) is 0 Å². The minimum absolute atomic E-state index is 0. The number of benzene rings is 1. The fourth-order valence-corrected chi connectivity index (χ4v) is 4.58. The number of halogens is 2. The molecule has 1 saturated heterocycles. The molecule has 7 heteroatoms. The van der Waals surface area contributed by atoms with E-state index >= 15 is 0 Å². The SMILES string of the molecule is CCS(=O)(=O)c1c(Cl)cccc1CN1CCCC(NC)C1.Cl. The molecule has 1 unspecified atom stereocenters. The molecule has 0 radical (unpaired) electrons. The van der Waals surface area contributed by atoms with Crippen LogP contribution < -0.4 is 5.32 Å². The number of sulfone groups is 1. The molecule has 1 aliphatic heterocycles. The second kappa shape index (κ2) is 8.50. The Morgan fingerprint density at radius 3 is 2.77 bits per heavy atom. The van der Waals surface area contributed by atoms with E-state index in [4.69, 9.17) is 11.6 Å². The van der Waals surface area contributed by atoms with Crippen molar-refractivity contribution in [2.45, 2.75) is 37.2 Å². The Hall–Kier alpha value is -0.330. The minimum atomic E-state index is -3.30. The van der Waals surface area contributed by atoms with Crippen molar-refractivity contribution in [3.63, 3.8) is 0 Å². The van der Waals surface area contributed by atoms with Gasteiger partial charge in [0.1, 0.15) is 0 Å². The normalized spacial score (nSPS) is 19.7. The van der Waals surface area contributed by atoms with Gasteiger partial charge in [-0.25, -0.2) is 8.42 Å². The lowest BCUT2D eigenvalue weighted by Gasteiger charge is -2.33. The Kier molecular flexibility index (Phi) is 7.62. The number of likely N-dealkylation sites (tertiary alicyclic amines) is 1. The molecular formula is C15H24Cl2N2O2S. The van der Waals surface area contributed by atoms with E-state index < -0.39 is 9.84 Å². The predicted molar refractivity (Wildman–Crippen MR) is 93.8 cm³/mol. The Bertz CT molecular complexity index is 593. The Morgan fingerprint density at radius 2 is 2.14 bits per heavy atom. The fraction of sp³-hybridized carbons (Fsp3) is 0.600. The van der Waals surface area contributed by atoms with E-state index in [1.165, 1.54) is 6.42 Å². The molecule has 1 heterocycles. The van der Waals surface area contributed by atoms with Crippen LogP contribution in [0.25, 0.3) is 0 Å². The van der Waals surface area contributed by atoms with Gasteiger partial charge in [0, 0.05) is 19.1 Å². The van der Waals surface area contributed by atoms with E-state index in [2.05, 4.69) is 10.2 Å². The highest BCUT2D eigenvalue weighted by Gasteiger charge is 2.24. The summed E-state index contributed by atoms with van der Waals surface area (Å²) < 4.78 is 24.6. The summed E-state index contributed by atoms with van der Waals surface area (Å²) in [6, 6.07) is 5.83. The van der Waals surface area contributed by atoms with Crippen LogP contribution in [0.3, 0.4) is 0 Å². The van der Waals surface area contributed by atoms with Crippen LogP contribution in [0.2, 0.25) is 5.02 Å². The van der Waals surface area contributed by atoms with Crippen molar-refractivity contribution in [1.29, 1.82) is 0 Å². The highest BCUT2D eigenvalue weighted by Crippen LogP contribution is 2.28. The van der Waals surface area contributed by atoms with Crippen molar-refractivity contribution in [2.75, 3.05) is 25.9 Å². The monoisotopic (exact) mass is 366 g/mol. The maximum absolute atomic E-state index is 12.3. The van der Waals surface area contributed by atoms with Crippen LogP contribution in [0.5, 0.6) is 0 Å². The van der Waals surface area contributed by atoms with E-state index in [-0.39, 0.29) is 18.2 Å². The first-order chi connectivity index (χ1) is 9.97. The molecule has 2 rings (SSSR count). The average Bonchev–Trinajstić information content (AvgIpc) is 2.47. The van der Waals surface area contributed by atoms with Gasteiger partial charge in [-0.15, -0.1) is 12.4 Å². The molecule has 1 aromatic carbocycles. The molecule has 1 N–H and O–H groups in total. The van der Waals surface area contributed by atoms with Gasteiger partial charge in [0.25, 0.3) is 0 Å². The van der Waals surface area contributed by atoms with Gasteiger partial charge in [-0.05, 0) is 38.1 Å². The zero-order valence-electron chi connectivity index (χ0n) is 13.0. The van der Waals surface area contributed by atoms with Gasteiger partial charge < -0.3 is 5.32 Å². The van der Waals surface area contributed by atoms with E-state index in [9.17, 15) is 8.42 Å². The van der Waals surface area contributed by atoms with Gasteiger partial charge in [0.05, 0.1) is 15.7 Å². The van der Waals surface area contributed by atoms with Crippen LogP contribution in [0.15, 0.2) is 23.1 Å². The molecule has 0 amide bonds. The lowest BCUT2D eigenvalue weighted by atomic mass is 10.1. The summed E-state index contributed by atoms with van der Waals surface area (Å²) in [6.07, 6.45) is 2.30. The van der Waals surface area contributed by atoms with Crippen LogP contribution in [-0.2, 0) is 16.4 Å². The number of hydrogen-bond donors (Lipinski definition) is 1. The quantitative estimate of drug-likeness (QED) is 0.870. The van der Waals surface area contributed by atoms with Gasteiger partial charge >= 0.3 is 0 Å². The van der Waals surface area contributed by atoms with Crippen molar-refractivity contribution < 1.29 is 8.42 Å². The smallest absolute Gasteiger partial charge is 0.179 e. The topological polar surface area (TPSA) is 49.4 Å². The Balaban J connectivity index is 0.00000242. The number of nitrogens with zero attached hydrogens (tertiary/aromatic N) is 1. The molecule has 0 aliphatic carbocycles. The zero-order chi connectivity index (χ0) is 15.5. The van der Waals surface area contributed by atoms with Crippen LogP contribution in [0, 0.1) is 0 Å². The Labute approximate surface area is 144 Å². The maximum atomic E-state index is 12.3. The minimum Gasteiger partial charge on any atom is -0.316 e. The van der Waals surface area contributed by atoms with Crippen molar-refractivity contribution in [2.24, 2.45) is 0 Å². The van der Waals surface area contributed by atoms with Gasteiger partial charge in [0.2, 0.25) is 0 Å². The molecule has 4 nitrogen and oxygen atoms in total. The lowest BCUT2D eigenvalue weighted by molar-refractivity contribution is 0.187. The Morgan fingerprint density at radius 1 is 1.41 bits per heavy atom. The second-order valence-corrected chi connectivity index (χ2v) is 8.12. The summed E-state index contributed by atoms with van der Waals surface area (Å²) in [7, 11) is -1.33. The maximum Gasteiger partial charge on any atom is 0.179 e. The number of rotatable bonds is 5. The third-order valence-electron chi connectivity index (χ3n) is 4.05. The van der Waals surface area contributed by atoms with Crippen LogP contribution in [0.1, 0.15) is 25.3 Å². The third kappa shape index (κ3) is 4.59. The molecule has 0 saturated carbocycles. The summed E-state index contributed by atoms with van der Waals surface area (Å²) in [6.45, 7) is 4.22. The van der Waals surface area contributed by atoms with Crippen LogP contribution in [0.4, 0.5) is 0 Å². The third-order valence-corrected chi connectivity index (χ3v) is 6.34. The first-order valence-electron chi connectivity index (χ1n) is 7.37. The number of piperidine rings is 1. The van der Waals surface area contributed by atoms with Gasteiger partial charge in [0.15, 0.2) is 9.84 Å². The van der Waals surface area contributed by atoms with Crippen LogP contribution >= 0.6 is 24.0 Å². The molecule has 1 aromatic rings. The van der Waals surface area contributed by atoms with E-state index in [1.54, 1.807) is 13.0 Å². The van der Waals surface area contributed by atoms with E-state index in [0.717, 1.165) is 25.1 Å². The summed E-state index contributed by atoms with van der Waals surface area (Å²) in [5.74, 6) is 0.0723. The standard InChI is InChI=1S/C15H23ClN2O2S.ClH/c1-3-21(19,20)15-12(6-4-8-14(15)16)10-18-9-5-7-13(11-18)17-2;/h4,6,8,13,17H,3,5,7,9-11H2,1-2H3;1H. The molecular weight excluding hydrogens is 343 g/mol. The van der Waals surface area contributed by atoms with Crippen molar-refractivity contribution in [3.05, 3.63) is 28.8 Å². The second-order valence-electron chi connectivity index (χ2n) is 5.49. The molecule has 1 aliphatic rings. The molecule has 22 heavy (non-hydrogen) atoms. The average molecular weight is 367 g/mol. The predicted octanol–water partition coefficient (Wildman–Crippen LogP) is 2.74. The van der Waals surface area contributed by atoms with Crippen molar-refractivity contribution >= 4 is 33.8 Å². The van der Waals surface area contributed by atoms with Gasteiger partial charge in [-0.3, -0.25) is 4.90 Å². The molecule has 1 fully saturated rings. The molecule has 126 valence electrons. The highest BCUT2D eigenvalue weighted by molar-refractivity contribution is 7.91. The first kappa shape index (κ1) is 19.7. The van der Waals surface area contributed by atoms with E-state index in [0.29, 0.717) is 22.5 Å². The zero-order valence-corrected chi connectivity index (χ0v) is 15.4. The number of likely N-dealkylation sites (N-methyl/N-ethyl adjacent to an activating group) is 1. The summed E-state index contributed by atoms with van der Waals surface area (Å²) in [5, 5.41) is 3.63. The molecule has 1 atom stereocenters. The summed E-state index contributed by atoms with van der Waals surface area (Å²) in [5.41, 5.74) is 0.807. The number of nitrogens with one attached hydrogen (secondary N) is 1. The number of hydrogen-bond acceptors (Lipinski definition) is 4. The van der Waals surface area contributed by atoms with E-state index in [1.807, 2.05) is 19.2 Å². The molecule has 0 bridgehead atoms. The van der Waals surface area contributed by atoms with Crippen LogP contribution in [-0.4, -0.2) is 45.2 Å².